The van der Waals surface area contributed by atoms with Gasteiger partial charge in [0.2, 0.25) is 5.91 Å². The first-order valence-electron chi connectivity index (χ1n) is 12.2. The van der Waals surface area contributed by atoms with E-state index in [1.807, 2.05) is 34.1 Å². The number of nitrogens with zero attached hydrogens (tertiary/aromatic N) is 3. The third-order valence-electron chi connectivity index (χ3n) is 6.72. The van der Waals surface area contributed by atoms with Crippen LogP contribution in [-0.2, 0) is 11.2 Å². The number of carbonyl (C=O) groups excluding carboxylic acids is 3. The van der Waals surface area contributed by atoms with Crippen molar-refractivity contribution < 1.29 is 19.1 Å². The number of carbonyl (C=O) groups is 3. The van der Waals surface area contributed by atoms with Crippen LogP contribution in [-0.4, -0.2) is 90.2 Å². The molecule has 0 saturated carbocycles. The van der Waals surface area contributed by atoms with Gasteiger partial charge in [0, 0.05) is 57.4 Å². The molecule has 2 aromatic rings. The van der Waals surface area contributed by atoms with E-state index in [1.54, 1.807) is 19.4 Å². The lowest BCUT2D eigenvalue weighted by Gasteiger charge is -2.21. The standard InChI is InChI=1S/C26H34N4O4/c1-34-22-8-5-20(6-9-22)7-10-25(32)29-14-4-11-28(15-16-29)19-24(31)21-17-23(27-18-21)26(33)30-12-2-3-13-30/h5-6,8-9,17-18,27H,2-4,7,10-16,19H2,1H3. The molecule has 182 valence electrons. The number of ether oxygens (including phenoxy) is 1. The predicted octanol–water partition coefficient (Wildman–Crippen LogP) is 2.61. The monoisotopic (exact) mass is 466 g/mol. The maximum atomic E-state index is 12.8. The second-order valence-electron chi connectivity index (χ2n) is 9.08. The van der Waals surface area contributed by atoms with Crippen molar-refractivity contribution in [2.24, 2.45) is 0 Å². The Morgan fingerprint density at radius 1 is 0.912 bits per heavy atom. The van der Waals surface area contributed by atoms with E-state index in [1.165, 1.54) is 0 Å². The average molecular weight is 467 g/mol. The molecular formula is C26H34N4O4. The Morgan fingerprint density at radius 3 is 2.38 bits per heavy atom. The molecule has 8 heteroatoms. The summed E-state index contributed by atoms with van der Waals surface area (Å²) in [5.41, 5.74) is 2.14. The van der Waals surface area contributed by atoms with Crippen molar-refractivity contribution in [1.82, 2.24) is 19.7 Å². The second-order valence-corrected chi connectivity index (χ2v) is 9.08. The predicted molar refractivity (Wildman–Crippen MR) is 129 cm³/mol. The van der Waals surface area contributed by atoms with Gasteiger partial charge in [-0.3, -0.25) is 19.3 Å². The van der Waals surface area contributed by atoms with E-state index in [4.69, 9.17) is 4.74 Å². The van der Waals surface area contributed by atoms with Gasteiger partial charge in [0.25, 0.3) is 5.91 Å². The van der Waals surface area contributed by atoms with Gasteiger partial charge in [-0.2, -0.15) is 0 Å². The van der Waals surface area contributed by atoms with Gasteiger partial charge in [0.15, 0.2) is 5.78 Å². The Bertz CT molecular complexity index is 994. The molecule has 2 fully saturated rings. The summed E-state index contributed by atoms with van der Waals surface area (Å²) < 4.78 is 5.18. The van der Waals surface area contributed by atoms with Gasteiger partial charge in [-0.15, -0.1) is 0 Å². The molecule has 0 atom stereocenters. The lowest BCUT2D eigenvalue weighted by molar-refractivity contribution is -0.131. The van der Waals surface area contributed by atoms with Crippen molar-refractivity contribution in [3.63, 3.8) is 0 Å². The van der Waals surface area contributed by atoms with E-state index in [2.05, 4.69) is 9.88 Å². The SMILES string of the molecule is COc1ccc(CCC(=O)N2CCCN(CC(=O)c3c[nH]c(C(=O)N4CCCC4)c3)CC2)cc1. The number of Topliss-reactive ketones (excluding diaryl/α,β-unsaturated/α-hetero) is 1. The number of aromatic nitrogens is 1. The number of aryl methyl sites for hydroxylation is 1. The number of hydrogen-bond donors (Lipinski definition) is 1. The molecule has 1 aromatic carbocycles. The maximum Gasteiger partial charge on any atom is 0.270 e. The molecule has 2 saturated heterocycles. The number of aromatic amines is 1. The fourth-order valence-corrected chi connectivity index (χ4v) is 4.64. The molecule has 2 aliphatic heterocycles. The molecule has 2 amide bonds. The summed E-state index contributed by atoms with van der Waals surface area (Å²) in [6.45, 7) is 4.64. The van der Waals surface area contributed by atoms with Crippen molar-refractivity contribution in [1.29, 1.82) is 0 Å². The van der Waals surface area contributed by atoms with Gasteiger partial charge in [0.1, 0.15) is 11.4 Å². The van der Waals surface area contributed by atoms with Crippen LogP contribution < -0.4 is 4.74 Å². The number of methoxy groups -OCH3 is 1. The maximum absolute atomic E-state index is 12.8. The number of benzene rings is 1. The molecule has 2 aliphatic rings. The highest BCUT2D eigenvalue weighted by molar-refractivity contribution is 6.01. The Labute approximate surface area is 200 Å². The van der Waals surface area contributed by atoms with Gasteiger partial charge in [-0.05, 0) is 49.4 Å². The summed E-state index contributed by atoms with van der Waals surface area (Å²) in [6, 6.07) is 9.49. The Hall–Kier alpha value is -3.13. The number of ketones is 1. The van der Waals surface area contributed by atoms with E-state index in [-0.39, 0.29) is 17.6 Å². The zero-order valence-corrected chi connectivity index (χ0v) is 19.9. The summed E-state index contributed by atoms with van der Waals surface area (Å²) >= 11 is 0. The summed E-state index contributed by atoms with van der Waals surface area (Å²) in [7, 11) is 1.64. The first kappa shape index (κ1) is 24.0. The molecule has 0 spiro atoms. The number of likely N-dealkylation sites (tertiary alicyclic amines) is 1. The number of hydrogen-bond acceptors (Lipinski definition) is 5. The second kappa shape index (κ2) is 11.3. The smallest absolute Gasteiger partial charge is 0.270 e. The fraction of sp³-hybridized carbons (Fsp3) is 0.500. The summed E-state index contributed by atoms with van der Waals surface area (Å²) in [5, 5.41) is 0. The van der Waals surface area contributed by atoms with Gasteiger partial charge in [0.05, 0.1) is 13.7 Å². The van der Waals surface area contributed by atoms with E-state index < -0.39 is 0 Å². The molecule has 0 unspecified atom stereocenters. The number of nitrogens with one attached hydrogen (secondary N) is 1. The van der Waals surface area contributed by atoms with Crippen molar-refractivity contribution >= 4 is 17.6 Å². The Kier molecular flexibility index (Phi) is 8.00. The van der Waals surface area contributed by atoms with Crippen LogP contribution in [0.3, 0.4) is 0 Å². The number of amides is 2. The summed E-state index contributed by atoms with van der Waals surface area (Å²) in [5.74, 6) is 0.928. The van der Waals surface area contributed by atoms with Crippen molar-refractivity contribution in [2.75, 3.05) is 52.9 Å². The molecule has 3 heterocycles. The molecule has 0 radical (unpaired) electrons. The van der Waals surface area contributed by atoms with Crippen molar-refractivity contribution in [3.8, 4) is 5.75 Å². The molecule has 0 bridgehead atoms. The van der Waals surface area contributed by atoms with Crippen LogP contribution in [0.1, 0.15) is 52.1 Å². The highest BCUT2D eigenvalue weighted by Gasteiger charge is 2.24. The molecule has 1 N–H and O–H groups in total. The van der Waals surface area contributed by atoms with Crippen LogP contribution in [0.4, 0.5) is 0 Å². The molecule has 0 aliphatic carbocycles. The Morgan fingerprint density at radius 2 is 1.65 bits per heavy atom. The minimum atomic E-state index is -0.0323. The minimum absolute atomic E-state index is 0.00370. The largest absolute Gasteiger partial charge is 0.497 e. The third kappa shape index (κ3) is 6.05. The number of H-pyrrole nitrogens is 1. The molecule has 1 aromatic heterocycles. The van der Waals surface area contributed by atoms with Crippen LogP contribution >= 0.6 is 0 Å². The third-order valence-corrected chi connectivity index (χ3v) is 6.72. The highest BCUT2D eigenvalue weighted by Crippen LogP contribution is 2.16. The average Bonchev–Trinajstić information content (AvgIpc) is 3.52. The van der Waals surface area contributed by atoms with Gasteiger partial charge in [-0.25, -0.2) is 0 Å². The quantitative estimate of drug-likeness (QED) is 0.605. The van der Waals surface area contributed by atoms with Crippen LogP contribution in [0.15, 0.2) is 36.5 Å². The molecular weight excluding hydrogens is 432 g/mol. The van der Waals surface area contributed by atoms with E-state index >= 15 is 0 Å². The summed E-state index contributed by atoms with van der Waals surface area (Å²) in [6.07, 6.45) is 5.73. The fourth-order valence-electron chi connectivity index (χ4n) is 4.64. The first-order chi connectivity index (χ1) is 16.5. The van der Waals surface area contributed by atoms with Crippen LogP contribution in [0.25, 0.3) is 0 Å². The van der Waals surface area contributed by atoms with Gasteiger partial charge >= 0.3 is 0 Å². The normalized spacial score (nSPS) is 17.0. The lowest BCUT2D eigenvalue weighted by atomic mass is 10.1. The van der Waals surface area contributed by atoms with Crippen molar-refractivity contribution in [2.45, 2.75) is 32.1 Å². The van der Waals surface area contributed by atoms with Crippen LogP contribution in [0.5, 0.6) is 5.75 Å². The van der Waals surface area contributed by atoms with Crippen molar-refractivity contribution in [3.05, 3.63) is 53.3 Å². The lowest BCUT2D eigenvalue weighted by Crippen LogP contribution is -2.36. The highest BCUT2D eigenvalue weighted by atomic mass is 16.5. The van der Waals surface area contributed by atoms with E-state index in [0.29, 0.717) is 50.3 Å². The molecule has 34 heavy (non-hydrogen) atoms. The van der Waals surface area contributed by atoms with Crippen LogP contribution in [0.2, 0.25) is 0 Å². The molecule has 4 rings (SSSR count). The molecule has 8 nitrogen and oxygen atoms in total. The zero-order valence-electron chi connectivity index (χ0n) is 19.9. The number of rotatable bonds is 8. The van der Waals surface area contributed by atoms with Gasteiger partial charge < -0.3 is 19.5 Å². The summed E-state index contributed by atoms with van der Waals surface area (Å²) in [4.78, 5) is 46.9. The first-order valence-corrected chi connectivity index (χ1v) is 12.2. The Balaban J connectivity index is 1.24. The van der Waals surface area contributed by atoms with Crippen LogP contribution in [0, 0.1) is 0 Å². The topological polar surface area (TPSA) is 86.0 Å². The van der Waals surface area contributed by atoms with E-state index in [0.717, 1.165) is 50.2 Å². The minimum Gasteiger partial charge on any atom is -0.497 e. The van der Waals surface area contributed by atoms with E-state index in [9.17, 15) is 14.4 Å². The zero-order chi connectivity index (χ0) is 23.9. The van der Waals surface area contributed by atoms with Gasteiger partial charge in [-0.1, -0.05) is 12.1 Å².